The van der Waals surface area contributed by atoms with Crippen LogP contribution in [0.2, 0.25) is 0 Å². The fraction of sp³-hybridized carbons (Fsp3) is 0.214. The second-order valence-electron chi connectivity index (χ2n) is 8.67. The lowest BCUT2D eigenvalue weighted by Crippen LogP contribution is -2.29. The van der Waals surface area contributed by atoms with E-state index in [4.69, 9.17) is 9.17 Å². The van der Waals surface area contributed by atoms with Gasteiger partial charge in [-0.3, -0.25) is 4.79 Å². The van der Waals surface area contributed by atoms with E-state index in [1.54, 1.807) is 12.1 Å². The highest BCUT2D eigenvalue weighted by atomic mass is 32.2. The number of carbonyl (C=O) groups is 1. The van der Waals surface area contributed by atoms with Crippen LogP contribution in [0.1, 0.15) is 48.1 Å². The maximum absolute atomic E-state index is 13.9. The Labute approximate surface area is 205 Å². The van der Waals surface area contributed by atoms with Gasteiger partial charge in [-0.15, -0.1) is 0 Å². The molecular weight excluding hydrogens is 460 g/mol. The molecule has 6 nitrogen and oxygen atoms in total. The Hall–Kier alpha value is -3.71. The topological polar surface area (TPSA) is 85.4 Å². The molecule has 1 heterocycles. The van der Waals surface area contributed by atoms with Crippen LogP contribution >= 0.6 is 0 Å². The second kappa shape index (κ2) is 9.50. The zero-order valence-electron chi connectivity index (χ0n) is 19.3. The van der Waals surface area contributed by atoms with Crippen LogP contribution in [-0.2, 0) is 10.1 Å². The number of carbonyl (C=O) groups excluding carboxylic acids is 1. The van der Waals surface area contributed by atoms with Gasteiger partial charge in [0.05, 0.1) is 22.4 Å². The standard InChI is InChI=1S/C28H26N2O4S/c1-2-23(19-11-5-3-6-12-19)30-28(31)25-22-15-9-10-16-24(22)29-26(20-13-7-4-8-14-20)27(25)34-35(32,33)21-17-18-21/h3-16,21,23H,2,17-18H2,1H3,(H,30,31)/t23-/m0/s1. The number of amides is 1. The van der Waals surface area contributed by atoms with Gasteiger partial charge in [0.15, 0.2) is 5.75 Å². The van der Waals surface area contributed by atoms with Gasteiger partial charge in [0.2, 0.25) is 0 Å². The molecule has 7 heteroatoms. The molecule has 0 saturated heterocycles. The number of nitrogens with zero attached hydrogens (tertiary/aromatic N) is 1. The molecule has 0 aliphatic heterocycles. The van der Waals surface area contributed by atoms with E-state index in [0.717, 1.165) is 5.56 Å². The van der Waals surface area contributed by atoms with Gasteiger partial charge in [0.25, 0.3) is 5.91 Å². The highest BCUT2D eigenvalue weighted by Crippen LogP contribution is 2.40. The molecule has 35 heavy (non-hydrogen) atoms. The molecule has 4 aromatic rings. The molecule has 1 aliphatic carbocycles. The molecule has 0 unspecified atom stereocenters. The quantitative estimate of drug-likeness (QED) is 0.325. The Morgan fingerprint density at radius 3 is 2.26 bits per heavy atom. The Morgan fingerprint density at radius 1 is 0.971 bits per heavy atom. The van der Waals surface area contributed by atoms with Crippen molar-refractivity contribution >= 4 is 26.9 Å². The van der Waals surface area contributed by atoms with Crippen LogP contribution < -0.4 is 9.50 Å². The van der Waals surface area contributed by atoms with E-state index < -0.39 is 21.3 Å². The van der Waals surface area contributed by atoms with E-state index in [1.165, 1.54) is 0 Å². The number of fused-ring (bicyclic) bond motifs is 1. The van der Waals surface area contributed by atoms with Crippen molar-refractivity contribution in [3.63, 3.8) is 0 Å². The van der Waals surface area contributed by atoms with Gasteiger partial charge in [0, 0.05) is 10.9 Å². The fourth-order valence-corrected chi connectivity index (χ4v) is 5.41. The van der Waals surface area contributed by atoms with Gasteiger partial charge >= 0.3 is 10.1 Å². The molecule has 1 aromatic heterocycles. The van der Waals surface area contributed by atoms with Gasteiger partial charge in [-0.2, -0.15) is 8.42 Å². The highest BCUT2D eigenvalue weighted by molar-refractivity contribution is 7.88. The zero-order chi connectivity index (χ0) is 24.4. The molecule has 1 amide bonds. The third kappa shape index (κ3) is 4.77. The smallest absolute Gasteiger partial charge is 0.312 e. The summed E-state index contributed by atoms with van der Waals surface area (Å²) >= 11 is 0. The third-order valence-electron chi connectivity index (χ3n) is 6.17. The van der Waals surface area contributed by atoms with Crippen LogP contribution in [0.15, 0.2) is 84.9 Å². The normalized spacial score (nSPS) is 14.4. The predicted octanol–water partition coefficient (Wildman–Crippen LogP) is 5.65. The number of hydrogen-bond acceptors (Lipinski definition) is 5. The summed E-state index contributed by atoms with van der Waals surface area (Å²) in [4.78, 5) is 18.6. The number of benzene rings is 3. The van der Waals surface area contributed by atoms with Gasteiger partial charge < -0.3 is 9.50 Å². The maximum Gasteiger partial charge on any atom is 0.312 e. The first kappa shape index (κ1) is 23.1. The lowest BCUT2D eigenvalue weighted by atomic mass is 10.00. The van der Waals surface area contributed by atoms with E-state index in [1.807, 2.05) is 79.7 Å². The second-order valence-corrected chi connectivity index (χ2v) is 10.5. The van der Waals surface area contributed by atoms with Crippen molar-refractivity contribution in [3.05, 3.63) is 96.1 Å². The fourth-order valence-electron chi connectivity index (χ4n) is 4.17. The number of aromatic nitrogens is 1. The van der Waals surface area contributed by atoms with Crippen molar-refractivity contribution in [1.82, 2.24) is 10.3 Å². The van der Waals surface area contributed by atoms with Crippen molar-refractivity contribution in [3.8, 4) is 17.0 Å². The molecule has 1 fully saturated rings. The summed E-state index contributed by atoms with van der Waals surface area (Å²) < 4.78 is 31.7. The van der Waals surface area contributed by atoms with Gasteiger partial charge in [-0.05, 0) is 30.9 Å². The van der Waals surface area contributed by atoms with Crippen LogP contribution in [-0.4, -0.2) is 24.6 Å². The first-order valence-corrected chi connectivity index (χ1v) is 13.2. The van der Waals surface area contributed by atoms with Crippen molar-refractivity contribution in [2.75, 3.05) is 0 Å². The van der Waals surface area contributed by atoms with E-state index in [-0.39, 0.29) is 17.4 Å². The first-order valence-electron chi connectivity index (χ1n) is 11.7. The van der Waals surface area contributed by atoms with E-state index in [9.17, 15) is 13.2 Å². The van der Waals surface area contributed by atoms with Crippen LogP contribution in [0, 0.1) is 0 Å². The molecule has 0 bridgehead atoms. The predicted molar refractivity (Wildman–Crippen MR) is 137 cm³/mol. The zero-order valence-corrected chi connectivity index (χ0v) is 20.2. The Kier molecular flexibility index (Phi) is 6.26. The summed E-state index contributed by atoms with van der Waals surface area (Å²) in [6.45, 7) is 1.99. The van der Waals surface area contributed by atoms with Gasteiger partial charge in [0.1, 0.15) is 5.69 Å². The number of rotatable bonds is 8. The van der Waals surface area contributed by atoms with Crippen LogP contribution in [0.4, 0.5) is 0 Å². The Morgan fingerprint density at radius 2 is 1.60 bits per heavy atom. The SMILES string of the molecule is CC[C@H](NC(=O)c1c(OS(=O)(=O)C2CC2)c(-c2ccccc2)nc2ccccc12)c1ccccc1. The minimum atomic E-state index is -3.90. The minimum Gasteiger partial charge on any atom is -0.379 e. The van der Waals surface area contributed by atoms with Gasteiger partial charge in [-0.1, -0.05) is 85.8 Å². The van der Waals surface area contributed by atoms with Crippen molar-refractivity contribution in [1.29, 1.82) is 0 Å². The molecule has 0 spiro atoms. The van der Waals surface area contributed by atoms with Crippen LogP contribution in [0.5, 0.6) is 5.75 Å². The summed E-state index contributed by atoms with van der Waals surface area (Å²) in [5, 5.41) is 3.08. The first-order chi connectivity index (χ1) is 17.0. The lowest BCUT2D eigenvalue weighted by Gasteiger charge is -2.21. The van der Waals surface area contributed by atoms with Crippen molar-refractivity contribution in [2.45, 2.75) is 37.5 Å². The van der Waals surface area contributed by atoms with E-state index in [0.29, 0.717) is 41.4 Å². The molecule has 1 aliphatic rings. The summed E-state index contributed by atoms with van der Waals surface area (Å²) in [6.07, 6.45) is 1.77. The third-order valence-corrected chi connectivity index (χ3v) is 7.86. The average Bonchev–Trinajstić information content (AvgIpc) is 3.74. The molecule has 178 valence electrons. The molecular formula is C28H26N2O4S. The molecule has 1 saturated carbocycles. The summed E-state index contributed by atoms with van der Waals surface area (Å²) in [7, 11) is -3.90. The van der Waals surface area contributed by atoms with Crippen molar-refractivity contribution in [2.24, 2.45) is 0 Å². The highest BCUT2D eigenvalue weighted by Gasteiger charge is 2.39. The van der Waals surface area contributed by atoms with Crippen molar-refractivity contribution < 1.29 is 17.4 Å². The number of pyridine rings is 1. The van der Waals surface area contributed by atoms with E-state index in [2.05, 4.69) is 5.32 Å². The van der Waals surface area contributed by atoms with E-state index >= 15 is 0 Å². The molecule has 5 rings (SSSR count). The number of hydrogen-bond donors (Lipinski definition) is 1. The average molecular weight is 487 g/mol. The Balaban J connectivity index is 1.70. The van der Waals surface area contributed by atoms with Gasteiger partial charge in [-0.25, -0.2) is 4.98 Å². The minimum absolute atomic E-state index is 0.0257. The number of nitrogens with one attached hydrogen (secondary N) is 1. The number of para-hydroxylation sites is 1. The van der Waals surface area contributed by atoms with Crippen LogP contribution in [0.3, 0.4) is 0 Å². The summed E-state index contributed by atoms with van der Waals surface area (Å²) in [5.41, 5.74) is 2.72. The monoisotopic (exact) mass is 486 g/mol. The Bertz CT molecular complexity index is 1470. The largest absolute Gasteiger partial charge is 0.379 e. The maximum atomic E-state index is 13.9. The molecule has 3 aromatic carbocycles. The summed E-state index contributed by atoms with van der Waals surface area (Å²) in [6, 6.07) is 25.9. The molecule has 1 N–H and O–H groups in total. The summed E-state index contributed by atoms with van der Waals surface area (Å²) in [5.74, 6) is -0.431. The van der Waals surface area contributed by atoms with Crippen LogP contribution in [0.25, 0.3) is 22.2 Å². The molecule has 0 radical (unpaired) electrons. The molecule has 1 atom stereocenters. The lowest BCUT2D eigenvalue weighted by molar-refractivity contribution is 0.0935.